The summed E-state index contributed by atoms with van der Waals surface area (Å²) in [6, 6.07) is 11.1. The molecule has 2 aromatic rings. The first-order chi connectivity index (χ1) is 10.1. The third kappa shape index (κ3) is 4.35. The van der Waals surface area contributed by atoms with E-state index in [-0.39, 0.29) is 6.61 Å². The molecule has 0 heterocycles. The number of nitrogens with one attached hydrogen (secondary N) is 1. The SMILES string of the molecule is CNCc1cc(Cl)cc(Cl)c1OCc1ccc(CO)cc1. The third-order valence-electron chi connectivity index (χ3n) is 3.04. The highest BCUT2D eigenvalue weighted by molar-refractivity contribution is 6.35. The van der Waals surface area contributed by atoms with Crippen molar-refractivity contribution in [3.8, 4) is 5.75 Å². The van der Waals surface area contributed by atoms with E-state index in [4.69, 9.17) is 33.0 Å². The molecule has 0 aliphatic rings. The van der Waals surface area contributed by atoms with Gasteiger partial charge in [-0.05, 0) is 30.3 Å². The van der Waals surface area contributed by atoms with Gasteiger partial charge >= 0.3 is 0 Å². The largest absolute Gasteiger partial charge is 0.487 e. The Morgan fingerprint density at radius 1 is 1.10 bits per heavy atom. The zero-order valence-corrected chi connectivity index (χ0v) is 13.2. The molecular formula is C16H17Cl2NO2. The summed E-state index contributed by atoms with van der Waals surface area (Å²) in [6.45, 7) is 1.07. The molecule has 0 fully saturated rings. The highest BCUT2D eigenvalue weighted by Gasteiger charge is 2.10. The number of halogens is 2. The molecule has 2 N–H and O–H groups in total. The lowest BCUT2D eigenvalue weighted by atomic mass is 10.1. The zero-order chi connectivity index (χ0) is 15.2. The van der Waals surface area contributed by atoms with Crippen molar-refractivity contribution < 1.29 is 9.84 Å². The van der Waals surface area contributed by atoms with Crippen LogP contribution in [0.4, 0.5) is 0 Å². The second-order valence-corrected chi connectivity index (χ2v) is 5.51. The smallest absolute Gasteiger partial charge is 0.142 e. The second-order valence-electron chi connectivity index (χ2n) is 4.67. The molecule has 0 bridgehead atoms. The number of hydrogen-bond acceptors (Lipinski definition) is 3. The molecule has 0 aromatic heterocycles. The van der Waals surface area contributed by atoms with Crippen LogP contribution in [0.2, 0.25) is 10.0 Å². The molecule has 2 aromatic carbocycles. The summed E-state index contributed by atoms with van der Waals surface area (Å²) in [4.78, 5) is 0. The van der Waals surface area contributed by atoms with E-state index in [1.54, 1.807) is 6.07 Å². The average molecular weight is 326 g/mol. The molecule has 21 heavy (non-hydrogen) atoms. The van der Waals surface area contributed by atoms with Crippen molar-refractivity contribution in [1.29, 1.82) is 0 Å². The summed E-state index contributed by atoms with van der Waals surface area (Å²) in [5.74, 6) is 0.640. The number of ether oxygens (including phenoxy) is 1. The van der Waals surface area contributed by atoms with Crippen LogP contribution in [-0.4, -0.2) is 12.2 Å². The van der Waals surface area contributed by atoms with E-state index in [0.717, 1.165) is 16.7 Å². The maximum absolute atomic E-state index is 9.03. The minimum atomic E-state index is 0.0382. The minimum Gasteiger partial charge on any atom is -0.487 e. The topological polar surface area (TPSA) is 41.5 Å². The molecule has 2 rings (SSSR count). The molecule has 0 saturated carbocycles. The Hall–Kier alpha value is -1.26. The van der Waals surface area contributed by atoms with Gasteiger partial charge in [0.05, 0.1) is 11.6 Å². The molecule has 112 valence electrons. The van der Waals surface area contributed by atoms with Crippen LogP contribution in [0.1, 0.15) is 16.7 Å². The van der Waals surface area contributed by atoms with Crippen LogP contribution < -0.4 is 10.1 Å². The van der Waals surface area contributed by atoms with E-state index in [0.29, 0.717) is 28.9 Å². The van der Waals surface area contributed by atoms with E-state index in [2.05, 4.69) is 5.32 Å². The Labute approximate surface area is 134 Å². The molecule has 0 saturated heterocycles. The van der Waals surface area contributed by atoms with Gasteiger partial charge in [-0.3, -0.25) is 0 Å². The fourth-order valence-corrected chi connectivity index (χ4v) is 2.58. The summed E-state index contributed by atoms with van der Waals surface area (Å²) in [5, 5.41) is 13.2. The molecule has 0 spiro atoms. The van der Waals surface area contributed by atoms with Gasteiger partial charge in [-0.2, -0.15) is 0 Å². The van der Waals surface area contributed by atoms with Crippen molar-refractivity contribution in [2.45, 2.75) is 19.8 Å². The van der Waals surface area contributed by atoms with Crippen LogP contribution in [0.3, 0.4) is 0 Å². The third-order valence-corrected chi connectivity index (χ3v) is 3.54. The van der Waals surface area contributed by atoms with Gasteiger partial charge in [0.25, 0.3) is 0 Å². The maximum Gasteiger partial charge on any atom is 0.142 e. The molecule has 0 radical (unpaired) electrons. The van der Waals surface area contributed by atoms with Gasteiger partial charge in [0.15, 0.2) is 0 Å². The van der Waals surface area contributed by atoms with Crippen molar-refractivity contribution in [2.24, 2.45) is 0 Å². The standard InChI is InChI=1S/C16H17Cl2NO2/c1-19-8-13-6-14(17)7-15(18)16(13)21-10-12-4-2-11(9-20)3-5-12/h2-7,19-20H,8-10H2,1H3. The van der Waals surface area contributed by atoms with Crippen LogP contribution in [0.5, 0.6) is 5.75 Å². The first-order valence-electron chi connectivity index (χ1n) is 6.58. The maximum atomic E-state index is 9.03. The summed E-state index contributed by atoms with van der Waals surface area (Å²) in [5.41, 5.74) is 2.80. The first-order valence-corrected chi connectivity index (χ1v) is 7.33. The first kappa shape index (κ1) is 16.1. The number of rotatable bonds is 6. The van der Waals surface area contributed by atoms with Crippen LogP contribution in [0, 0.1) is 0 Å². The predicted octanol–water partition coefficient (Wildman–Crippen LogP) is 3.78. The lowest BCUT2D eigenvalue weighted by Crippen LogP contribution is -2.08. The molecule has 0 atom stereocenters. The van der Waals surface area contributed by atoms with Crippen LogP contribution in [0.25, 0.3) is 0 Å². The number of benzene rings is 2. The van der Waals surface area contributed by atoms with Crippen molar-refractivity contribution in [3.05, 3.63) is 63.1 Å². The highest BCUT2D eigenvalue weighted by Crippen LogP contribution is 2.33. The molecule has 3 nitrogen and oxygen atoms in total. The Balaban J connectivity index is 2.14. The van der Waals surface area contributed by atoms with Gasteiger partial charge in [0.2, 0.25) is 0 Å². The summed E-state index contributed by atoms with van der Waals surface area (Å²) in [7, 11) is 1.85. The van der Waals surface area contributed by atoms with Gasteiger partial charge in [-0.25, -0.2) is 0 Å². The van der Waals surface area contributed by atoms with Gasteiger partial charge < -0.3 is 15.2 Å². The van der Waals surface area contributed by atoms with Crippen molar-refractivity contribution in [3.63, 3.8) is 0 Å². The molecule has 0 aliphatic carbocycles. The van der Waals surface area contributed by atoms with Crippen LogP contribution in [0.15, 0.2) is 36.4 Å². The Kier molecular flexibility index (Phi) is 5.88. The lowest BCUT2D eigenvalue weighted by Gasteiger charge is -2.14. The van der Waals surface area contributed by atoms with E-state index in [9.17, 15) is 0 Å². The fourth-order valence-electron chi connectivity index (χ4n) is 1.99. The van der Waals surface area contributed by atoms with E-state index in [1.807, 2.05) is 37.4 Å². The molecular weight excluding hydrogens is 309 g/mol. The number of hydrogen-bond donors (Lipinski definition) is 2. The quantitative estimate of drug-likeness (QED) is 0.849. The monoisotopic (exact) mass is 325 g/mol. The van der Waals surface area contributed by atoms with E-state index < -0.39 is 0 Å². The van der Waals surface area contributed by atoms with Crippen molar-refractivity contribution in [2.75, 3.05) is 7.05 Å². The predicted molar refractivity (Wildman–Crippen MR) is 85.9 cm³/mol. The summed E-state index contributed by atoms with van der Waals surface area (Å²) in [6.07, 6.45) is 0. The second kappa shape index (κ2) is 7.66. The minimum absolute atomic E-state index is 0.0382. The summed E-state index contributed by atoms with van der Waals surface area (Å²) < 4.78 is 5.84. The van der Waals surface area contributed by atoms with Gasteiger partial charge in [0.1, 0.15) is 12.4 Å². The Morgan fingerprint density at radius 3 is 2.38 bits per heavy atom. The lowest BCUT2D eigenvalue weighted by molar-refractivity contribution is 0.281. The van der Waals surface area contributed by atoms with Gasteiger partial charge in [-0.1, -0.05) is 47.5 Å². The van der Waals surface area contributed by atoms with Crippen molar-refractivity contribution >= 4 is 23.2 Å². The van der Waals surface area contributed by atoms with Gasteiger partial charge in [0, 0.05) is 17.1 Å². The van der Waals surface area contributed by atoms with E-state index >= 15 is 0 Å². The van der Waals surface area contributed by atoms with Crippen molar-refractivity contribution in [1.82, 2.24) is 5.32 Å². The number of aliphatic hydroxyl groups is 1. The fraction of sp³-hybridized carbons (Fsp3) is 0.250. The Morgan fingerprint density at radius 2 is 1.76 bits per heavy atom. The molecule has 0 unspecified atom stereocenters. The van der Waals surface area contributed by atoms with Gasteiger partial charge in [-0.15, -0.1) is 0 Å². The normalized spacial score (nSPS) is 10.7. The highest BCUT2D eigenvalue weighted by atomic mass is 35.5. The van der Waals surface area contributed by atoms with E-state index in [1.165, 1.54) is 0 Å². The molecule has 5 heteroatoms. The average Bonchev–Trinajstić information content (AvgIpc) is 2.47. The summed E-state index contributed by atoms with van der Waals surface area (Å²) >= 11 is 12.2. The van der Waals surface area contributed by atoms with Crippen LogP contribution in [-0.2, 0) is 19.8 Å². The Bertz CT molecular complexity index is 600. The van der Waals surface area contributed by atoms with Crippen LogP contribution >= 0.6 is 23.2 Å². The molecule has 0 aliphatic heterocycles. The zero-order valence-electron chi connectivity index (χ0n) is 11.7. The number of aliphatic hydroxyl groups excluding tert-OH is 1. The molecule has 0 amide bonds.